The Kier molecular flexibility index (Phi) is 6.45. The number of fused-ring (bicyclic) bond motifs is 3. The number of ether oxygens (including phenoxy) is 1. The molecule has 1 amide bonds. The SMILES string of the molecule is COc1ccc(NC(=O)CSc2nnc3n(CCC(C)C)c(=O)c4ccccc4n23)cc1. The molecule has 0 spiro atoms. The van der Waals surface area contributed by atoms with E-state index in [1.165, 1.54) is 11.8 Å². The van der Waals surface area contributed by atoms with Crippen LogP contribution < -0.4 is 15.6 Å². The van der Waals surface area contributed by atoms with Gasteiger partial charge >= 0.3 is 0 Å². The molecule has 2 aromatic heterocycles. The fourth-order valence-corrected chi connectivity index (χ4v) is 4.16. The number of hydrogen-bond donors (Lipinski definition) is 1. The molecule has 4 rings (SSSR count). The fourth-order valence-electron chi connectivity index (χ4n) is 3.42. The average molecular weight is 452 g/mol. The first kappa shape index (κ1) is 21.9. The molecule has 0 aliphatic rings. The molecule has 166 valence electrons. The van der Waals surface area contributed by atoms with Gasteiger partial charge in [-0.15, -0.1) is 10.2 Å². The van der Waals surface area contributed by atoms with Gasteiger partial charge in [-0.25, -0.2) is 0 Å². The van der Waals surface area contributed by atoms with Crippen molar-refractivity contribution in [2.45, 2.75) is 32.0 Å². The van der Waals surface area contributed by atoms with Crippen molar-refractivity contribution in [2.75, 3.05) is 18.2 Å². The summed E-state index contributed by atoms with van der Waals surface area (Å²) in [4.78, 5) is 25.6. The molecule has 0 bridgehead atoms. The van der Waals surface area contributed by atoms with E-state index in [1.54, 1.807) is 35.9 Å². The summed E-state index contributed by atoms with van der Waals surface area (Å²) in [6, 6.07) is 14.6. The molecule has 9 heteroatoms. The van der Waals surface area contributed by atoms with E-state index < -0.39 is 0 Å². The molecular formula is C23H25N5O3S. The van der Waals surface area contributed by atoms with Crippen molar-refractivity contribution in [1.82, 2.24) is 19.2 Å². The molecule has 0 aliphatic carbocycles. The molecule has 8 nitrogen and oxygen atoms in total. The highest BCUT2D eigenvalue weighted by molar-refractivity contribution is 7.99. The number of benzene rings is 2. The van der Waals surface area contributed by atoms with Crippen LogP contribution in [0.2, 0.25) is 0 Å². The monoisotopic (exact) mass is 451 g/mol. The van der Waals surface area contributed by atoms with E-state index in [2.05, 4.69) is 29.4 Å². The van der Waals surface area contributed by atoms with Gasteiger partial charge in [-0.05, 0) is 48.7 Å². The van der Waals surface area contributed by atoms with Gasteiger partial charge in [0.2, 0.25) is 11.7 Å². The minimum absolute atomic E-state index is 0.0741. The van der Waals surface area contributed by atoms with Crippen LogP contribution in [-0.2, 0) is 11.3 Å². The summed E-state index contributed by atoms with van der Waals surface area (Å²) in [5, 5.41) is 12.6. The summed E-state index contributed by atoms with van der Waals surface area (Å²) in [6.45, 7) is 4.80. The van der Waals surface area contributed by atoms with Gasteiger partial charge < -0.3 is 10.1 Å². The maximum atomic E-state index is 13.1. The molecule has 0 saturated carbocycles. The fraction of sp³-hybridized carbons (Fsp3) is 0.304. The van der Waals surface area contributed by atoms with Crippen LogP contribution in [0.1, 0.15) is 20.3 Å². The van der Waals surface area contributed by atoms with Crippen molar-refractivity contribution >= 4 is 40.0 Å². The molecule has 32 heavy (non-hydrogen) atoms. The second-order valence-corrected chi connectivity index (χ2v) is 8.78. The predicted octanol–water partition coefficient (Wildman–Crippen LogP) is 3.83. The number of carbonyl (C=O) groups excluding carboxylic acids is 1. The smallest absolute Gasteiger partial charge is 0.262 e. The quantitative estimate of drug-likeness (QED) is 0.410. The van der Waals surface area contributed by atoms with Crippen LogP contribution in [0.25, 0.3) is 16.7 Å². The summed E-state index contributed by atoms with van der Waals surface area (Å²) < 4.78 is 8.68. The normalized spacial score (nSPS) is 11.4. The number of aromatic nitrogens is 4. The van der Waals surface area contributed by atoms with E-state index in [9.17, 15) is 9.59 Å². The Hall–Kier alpha value is -3.33. The Balaban J connectivity index is 1.61. The predicted molar refractivity (Wildman–Crippen MR) is 127 cm³/mol. The summed E-state index contributed by atoms with van der Waals surface area (Å²) in [5.74, 6) is 1.67. The van der Waals surface area contributed by atoms with Gasteiger partial charge in [0.15, 0.2) is 5.16 Å². The van der Waals surface area contributed by atoms with Crippen LogP contribution in [0.15, 0.2) is 58.5 Å². The van der Waals surface area contributed by atoms with Gasteiger partial charge in [-0.2, -0.15) is 0 Å². The number of nitrogens with one attached hydrogen (secondary N) is 1. The lowest BCUT2D eigenvalue weighted by Gasteiger charge is -2.12. The second kappa shape index (κ2) is 9.44. The van der Waals surface area contributed by atoms with Crippen LogP contribution in [0, 0.1) is 5.92 Å². The molecule has 2 aromatic carbocycles. The number of hydrogen-bond acceptors (Lipinski definition) is 6. The molecular weight excluding hydrogens is 426 g/mol. The third-order valence-corrected chi connectivity index (χ3v) is 6.04. The lowest BCUT2D eigenvalue weighted by molar-refractivity contribution is -0.113. The molecule has 4 aromatic rings. The maximum absolute atomic E-state index is 13.1. The van der Waals surface area contributed by atoms with Crippen LogP contribution in [0.3, 0.4) is 0 Å². The van der Waals surface area contributed by atoms with Crippen molar-refractivity contribution in [3.63, 3.8) is 0 Å². The standard InChI is InChI=1S/C23H25N5O3S/c1-15(2)12-13-27-21(30)18-6-4-5-7-19(18)28-22(27)25-26-23(28)32-14-20(29)24-16-8-10-17(31-3)11-9-16/h4-11,15H,12-14H2,1-3H3,(H,24,29). The Morgan fingerprint density at radius 3 is 2.59 bits per heavy atom. The van der Waals surface area contributed by atoms with E-state index in [1.807, 2.05) is 28.7 Å². The number of para-hydroxylation sites is 1. The number of methoxy groups -OCH3 is 1. The zero-order chi connectivity index (χ0) is 22.7. The average Bonchev–Trinajstić information content (AvgIpc) is 3.22. The zero-order valence-corrected chi connectivity index (χ0v) is 19.1. The number of thioether (sulfide) groups is 1. The van der Waals surface area contributed by atoms with E-state index in [0.29, 0.717) is 34.5 Å². The van der Waals surface area contributed by atoms with Gasteiger partial charge in [-0.1, -0.05) is 37.7 Å². The van der Waals surface area contributed by atoms with E-state index in [4.69, 9.17) is 4.74 Å². The van der Waals surface area contributed by atoms with Crippen LogP contribution in [0.5, 0.6) is 5.75 Å². The minimum Gasteiger partial charge on any atom is -0.497 e. The lowest BCUT2D eigenvalue weighted by Crippen LogP contribution is -2.24. The third kappa shape index (κ3) is 4.47. The van der Waals surface area contributed by atoms with Crippen LogP contribution in [0.4, 0.5) is 5.69 Å². The first-order chi connectivity index (χ1) is 15.5. The molecule has 0 fully saturated rings. The minimum atomic E-state index is -0.158. The topological polar surface area (TPSA) is 90.5 Å². The lowest BCUT2D eigenvalue weighted by atomic mass is 10.1. The van der Waals surface area contributed by atoms with Crippen molar-refractivity contribution < 1.29 is 9.53 Å². The third-order valence-electron chi connectivity index (χ3n) is 5.11. The Labute approximate surface area is 189 Å². The first-order valence-corrected chi connectivity index (χ1v) is 11.4. The summed E-state index contributed by atoms with van der Waals surface area (Å²) in [6.07, 6.45) is 0.855. The second-order valence-electron chi connectivity index (χ2n) is 7.84. The van der Waals surface area contributed by atoms with Crippen LogP contribution in [-0.4, -0.2) is 37.9 Å². The summed E-state index contributed by atoms with van der Waals surface area (Å²) in [7, 11) is 1.60. The van der Waals surface area contributed by atoms with Crippen molar-refractivity contribution in [3.8, 4) is 5.75 Å². The maximum Gasteiger partial charge on any atom is 0.262 e. The van der Waals surface area contributed by atoms with Crippen molar-refractivity contribution in [3.05, 3.63) is 58.9 Å². The van der Waals surface area contributed by atoms with E-state index in [0.717, 1.165) is 17.7 Å². The highest BCUT2D eigenvalue weighted by Crippen LogP contribution is 2.22. The molecule has 2 heterocycles. The van der Waals surface area contributed by atoms with E-state index >= 15 is 0 Å². The van der Waals surface area contributed by atoms with E-state index in [-0.39, 0.29) is 17.2 Å². The molecule has 0 atom stereocenters. The molecule has 0 saturated heterocycles. The van der Waals surface area contributed by atoms with Gasteiger partial charge in [0.05, 0.1) is 23.8 Å². The number of rotatable bonds is 8. The van der Waals surface area contributed by atoms with Crippen molar-refractivity contribution in [2.24, 2.45) is 5.92 Å². The summed E-state index contributed by atoms with van der Waals surface area (Å²) >= 11 is 1.28. The Morgan fingerprint density at radius 2 is 1.88 bits per heavy atom. The molecule has 0 aliphatic heterocycles. The number of nitrogens with zero attached hydrogens (tertiary/aromatic N) is 4. The Morgan fingerprint density at radius 1 is 1.12 bits per heavy atom. The van der Waals surface area contributed by atoms with Gasteiger partial charge in [-0.3, -0.25) is 18.6 Å². The number of amides is 1. The highest BCUT2D eigenvalue weighted by Gasteiger charge is 2.17. The first-order valence-electron chi connectivity index (χ1n) is 10.4. The molecule has 0 unspecified atom stereocenters. The molecule has 1 N–H and O–H groups in total. The van der Waals surface area contributed by atoms with Gasteiger partial charge in [0.1, 0.15) is 5.75 Å². The summed E-state index contributed by atoms with van der Waals surface area (Å²) in [5.41, 5.74) is 1.35. The zero-order valence-electron chi connectivity index (χ0n) is 18.2. The Bertz CT molecular complexity index is 1310. The number of aryl methyl sites for hydroxylation is 1. The van der Waals surface area contributed by atoms with Crippen LogP contribution >= 0.6 is 11.8 Å². The van der Waals surface area contributed by atoms with Gasteiger partial charge in [0.25, 0.3) is 5.56 Å². The highest BCUT2D eigenvalue weighted by atomic mass is 32.2. The number of anilines is 1. The van der Waals surface area contributed by atoms with Crippen molar-refractivity contribution in [1.29, 1.82) is 0 Å². The van der Waals surface area contributed by atoms with Gasteiger partial charge in [0, 0.05) is 12.2 Å². The molecule has 0 radical (unpaired) electrons. The number of carbonyl (C=O) groups is 1. The largest absolute Gasteiger partial charge is 0.497 e.